The first-order chi connectivity index (χ1) is 9.66. The Kier molecular flexibility index (Phi) is 4.44. The molecule has 0 fully saturated rings. The lowest BCUT2D eigenvalue weighted by Crippen LogP contribution is -1.97. The number of anilines is 1. The van der Waals surface area contributed by atoms with Gasteiger partial charge in [0.2, 0.25) is 0 Å². The van der Waals surface area contributed by atoms with Crippen molar-refractivity contribution in [2.24, 2.45) is 5.10 Å². The number of non-ortho nitro benzene ring substituents is 1. The molecule has 0 bridgehead atoms. The number of hydrogen-bond acceptors (Lipinski definition) is 4. The van der Waals surface area contributed by atoms with E-state index in [0.29, 0.717) is 5.69 Å². The lowest BCUT2D eigenvalue weighted by molar-refractivity contribution is -0.384. The number of rotatable bonds is 5. The van der Waals surface area contributed by atoms with E-state index in [-0.39, 0.29) is 11.6 Å². The molecule has 102 valence electrons. The molecule has 0 unspecified atom stereocenters. The largest absolute Gasteiger partial charge is 0.279 e. The average molecular weight is 269 g/mol. The Hall–Kier alpha value is -2.69. The molecule has 0 aliphatic carbocycles. The molecule has 0 spiro atoms. The molecule has 0 aliphatic heterocycles. The summed E-state index contributed by atoms with van der Waals surface area (Å²) in [4.78, 5) is 10.1. The molecule has 1 atom stereocenters. The average Bonchev–Trinajstić information content (AvgIpc) is 2.48. The molecule has 2 aromatic rings. The van der Waals surface area contributed by atoms with E-state index >= 15 is 0 Å². The number of nitrogens with one attached hydrogen (secondary N) is 1. The minimum absolute atomic E-state index is 0.0668. The Morgan fingerprint density at radius 3 is 2.40 bits per heavy atom. The van der Waals surface area contributed by atoms with Crippen LogP contribution < -0.4 is 5.43 Å². The van der Waals surface area contributed by atoms with Gasteiger partial charge in [0.25, 0.3) is 5.69 Å². The second kappa shape index (κ2) is 6.47. The molecular formula is C15H15N3O2. The van der Waals surface area contributed by atoms with E-state index in [0.717, 1.165) is 0 Å². The summed E-state index contributed by atoms with van der Waals surface area (Å²) >= 11 is 0. The Morgan fingerprint density at radius 1 is 1.15 bits per heavy atom. The summed E-state index contributed by atoms with van der Waals surface area (Å²) in [6, 6.07) is 16.2. The Bertz CT molecular complexity index is 594. The number of nitro benzene ring substituents is 1. The van der Waals surface area contributed by atoms with Crippen LogP contribution in [0.25, 0.3) is 0 Å². The van der Waals surface area contributed by atoms with E-state index in [1.165, 1.54) is 17.7 Å². The van der Waals surface area contributed by atoms with Gasteiger partial charge in [-0.05, 0) is 17.7 Å². The Labute approximate surface area is 117 Å². The maximum atomic E-state index is 10.5. The van der Waals surface area contributed by atoms with Crippen LogP contribution in [-0.2, 0) is 0 Å². The third kappa shape index (κ3) is 3.65. The van der Waals surface area contributed by atoms with Gasteiger partial charge in [0.15, 0.2) is 0 Å². The van der Waals surface area contributed by atoms with Gasteiger partial charge < -0.3 is 0 Å². The zero-order valence-corrected chi connectivity index (χ0v) is 11.1. The Morgan fingerprint density at radius 2 is 1.80 bits per heavy atom. The van der Waals surface area contributed by atoms with Crippen LogP contribution in [-0.4, -0.2) is 11.1 Å². The molecule has 1 N–H and O–H groups in total. The summed E-state index contributed by atoms with van der Waals surface area (Å²) in [5, 5.41) is 14.7. The fourth-order valence-electron chi connectivity index (χ4n) is 1.72. The minimum Gasteiger partial charge on any atom is -0.279 e. The smallest absolute Gasteiger partial charge is 0.269 e. The summed E-state index contributed by atoms with van der Waals surface area (Å²) in [6.07, 6.45) is 1.80. The normalized spacial score (nSPS) is 12.2. The van der Waals surface area contributed by atoms with Crippen molar-refractivity contribution < 1.29 is 4.92 Å². The van der Waals surface area contributed by atoms with E-state index in [1.54, 1.807) is 18.3 Å². The van der Waals surface area contributed by atoms with Crippen molar-refractivity contribution in [3.05, 3.63) is 70.3 Å². The highest BCUT2D eigenvalue weighted by molar-refractivity contribution is 5.68. The van der Waals surface area contributed by atoms with E-state index < -0.39 is 4.92 Å². The molecule has 20 heavy (non-hydrogen) atoms. The molecule has 5 nitrogen and oxygen atoms in total. The van der Waals surface area contributed by atoms with Gasteiger partial charge in [-0.2, -0.15) is 5.10 Å². The van der Waals surface area contributed by atoms with E-state index in [1.807, 2.05) is 30.3 Å². The summed E-state index contributed by atoms with van der Waals surface area (Å²) in [5.41, 5.74) is 4.82. The van der Waals surface area contributed by atoms with Gasteiger partial charge in [-0.25, -0.2) is 0 Å². The van der Waals surface area contributed by atoms with E-state index in [4.69, 9.17) is 0 Å². The molecular weight excluding hydrogens is 254 g/mol. The van der Waals surface area contributed by atoms with Crippen LogP contribution in [0.1, 0.15) is 18.4 Å². The van der Waals surface area contributed by atoms with Gasteiger partial charge in [0.1, 0.15) is 0 Å². The van der Waals surface area contributed by atoms with Crippen LogP contribution in [0, 0.1) is 10.1 Å². The second-order valence-electron chi connectivity index (χ2n) is 4.39. The molecule has 0 aromatic heterocycles. The molecule has 2 aromatic carbocycles. The molecule has 0 saturated carbocycles. The standard InChI is InChI=1S/C15H15N3O2/c1-12(13-5-3-2-4-6-13)11-16-17-14-7-9-15(10-8-14)18(19)20/h2-12,17H,1H3/b16-11-/t12-/m1/s1. The SMILES string of the molecule is C[C@H](/C=N\Nc1ccc([N+](=O)[O-])cc1)c1ccccc1. The highest BCUT2D eigenvalue weighted by Gasteiger charge is 2.03. The number of hydrazone groups is 1. The molecule has 2 rings (SSSR count). The summed E-state index contributed by atoms with van der Waals surface area (Å²) in [5.74, 6) is 0.196. The number of benzene rings is 2. The van der Waals surface area contributed by atoms with E-state index in [2.05, 4.69) is 17.5 Å². The van der Waals surface area contributed by atoms with Gasteiger partial charge in [-0.3, -0.25) is 15.5 Å². The van der Waals surface area contributed by atoms with Crippen LogP contribution in [0.15, 0.2) is 59.7 Å². The topological polar surface area (TPSA) is 67.5 Å². The lowest BCUT2D eigenvalue weighted by atomic mass is 10.0. The van der Waals surface area contributed by atoms with Crippen molar-refractivity contribution in [2.45, 2.75) is 12.8 Å². The molecule has 0 saturated heterocycles. The highest BCUT2D eigenvalue weighted by Crippen LogP contribution is 2.16. The first kappa shape index (κ1) is 13.7. The number of nitro groups is 1. The third-order valence-electron chi connectivity index (χ3n) is 2.90. The van der Waals surface area contributed by atoms with Gasteiger partial charge >= 0.3 is 0 Å². The predicted molar refractivity (Wildman–Crippen MR) is 80.1 cm³/mol. The van der Waals surface area contributed by atoms with Crippen LogP contribution in [0.5, 0.6) is 0 Å². The highest BCUT2D eigenvalue weighted by atomic mass is 16.6. The second-order valence-corrected chi connectivity index (χ2v) is 4.39. The van der Waals surface area contributed by atoms with Gasteiger partial charge in [-0.15, -0.1) is 0 Å². The molecule has 5 heteroatoms. The first-order valence-electron chi connectivity index (χ1n) is 6.25. The zero-order chi connectivity index (χ0) is 14.4. The van der Waals surface area contributed by atoms with Crippen molar-refractivity contribution in [3.63, 3.8) is 0 Å². The molecule has 0 heterocycles. The monoisotopic (exact) mass is 269 g/mol. The first-order valence-corrected chi connectivity index (χ1v) is 6.25. The molecule has 0 aliphatic rings. The van der Waals surface area contributed by atoms with Crippen molar-refractivity contribution in [1.29, 1.82) is 0 Å². The molecule has 0 amide bonds. The van der Waals surface area contributed by atoms with Gasteiger partial charge in [0.05, 0.1) is 10.6 Å². The molecule has 0 radical (unpaired) electrons. The minimum atomic E-state index is -0.426. The summed E-state index contributed by atoms with van der Waals surface area (Å²) in [7, 11) is 0. The van der Waals surface area contributed by atoms with Crippen molar-refractivity contribution >= 4 is 17.6 Å². The van der Waals surface area contributed by atoms with E-state index in [9.17, 15) is 10.1 Å². The zero-order valence-electron chi connectivity index (χ0n) is 11.1. The fraction of sp³-hybridized carbons (Fsp3) is 0.133. The van der Waals surface area contributed by atoms with Crippen LogP contribution in [0.2, 0.25) is 0 Å². The maximum absolute atomic E-state index is 10.5. The maximum Gasteiger partial charge on any atom is 0.269 e. The van der Waals surface area contributed by atoms with Crippen LogP contribution in [0.4, 0.5) is 11.4 Å². The van der Waals surface area contributed by atoms with Gasteiger partial charge in [0, 0.05) is 24.3 Å². The van der Waals surface area contributed by atoms with Crippen LogP contribution in [0.3, 0.4) is 0 Å². The van der Waals surface area contributed by atoms with Crippen LogP contribution >= 0.6 is 0 Å². The van der Waals surface area contributed by atoms with Crippen molar-refractivity contribution in [3.8, 4) is 0 Å². The summed E-state index contributed by atoms with van der Waals surface area (Å²) < 4.78 is 0. The summed E-state index contributed by atoms with van der Waals surface area (Å²) in [6.45, 7) is 2.05. The third-order valence-corrected chi connectivity index (χ3v) is 2.90. The number of hydrogen-bond donors (Lipinski definition) is 1. The quantitative estimate of drug-likeness (QED) is 0.510. The fourth-order valence-corrected chi connectivity index (χ4v) is 1.72. The number of nitrogens with zero attached hydrogens (tertiary/aromatic N) is 2. The lowest BCUT2D eigenvalue weighted by Gasteiger charge is -2.05. The predicted octanol–water partition coefficient (Wildman–Crippen LogP) is 3.80. The Balaban J connectivity index is 1.94. The van der Waals surface area contributed by atoms with Crippen molar-refractivity contribution in [2.75, 3.05) is 5.43 Å². The van der Waals surface area contributed by atoms with Gasteiger partial charge in [-0.1, -0.05) is 37.3 Å². The van der Waals surface area contributed by atoms with Crippen molar-refractivity contribution in [1.82, 2.24) is 0 Å².